The van der Waals surface area contributed by atoms with Crippen LogP contribution in [0.25, 0.3) is 38.5 Å². The number of rotatable bonds is 8. The van der Waals surface area contributed by atoms with E-state index in [1.165, 1.54) is 11.1 Å². The van der Waals surface area contributed by atoms with Gasteiger partial charge in [0.25, 0.3) is 5.56 Å². The second-order valence-electron chi connectivity index (χ2n) is 10.0. The first-order valence-corrected chi connectivity index (χ1v) is 13.5. The molecule has 192 valence electrons. The number of aryl methyl sites for hydroxylation is 2. The van der Waals surface area contributed by atoms with Gasteiger partial charge in [-0.3, -0.25) is 9.36 Å². The van der Waals surface area contributed by atoms with Gasteiger partial charge in [0.05, 0.1) is 12.3 Å². The summed E-state index contributed by atoms with van der Waals surface area (Å²) in [4.78, 5) is 14.2. The lowest BCUT2D eigenvalue weighted by Gasteiger charge is -2.22. The van der Waals surface area contributed by atoms with Crippen LogP contribution in [0.4, 0.5) is 0 Å². The molecular weight excluding hydrogens is 478 g/mol. The van der Waals surface area contributed by atoms with Gasteiger partial charge in [0, 0.05) is 23.2 Å². The van der Waals surface area contributed by atoms with E-state index < -0.39 is 0 Å². The SMILES string of the molecule is Cc1ccc(-n2c(-c3cccc4ccccc34)c(CCCOCc3ccccc3)c3ccccc3c2=O)cc1. The normalized spacial score (nSPS) is 11.3. The molecular formula is C36H31NO2. The highest BCUT2D eigenvalue weighted by Gasteiger charge is 2.20. The number of benzene rings is 5. The predicted molar refractivity (Wildman–Crippen MR) is 162 cm³/mol. The van der Waals surface area contributed by atoms with Gasteiger partial charge in [-0.15, -0.1) is 0 Å². The Bertz CT molecular complexity index is 1800. The number of hydrogen-bond donors (Lipinski definition) is 0. The van der Waals surface area contributed by atoms with Crippen molar-refractivity contribution in [1.29, 1.82) is 0 Å². The van der Waals surface area contributed by atoms with E-state index in [1.54, 1.807) is 0 Å². The molecule has 0 aliphatic heterocycles. The third-order valence-electron chi connectivity index (χ3n) is 7.36. The molecule has 0 amide bonds. The lowest BCUT2D eigenvalue weighted by Crippen LogP contribution is -2.22. The fourth-order valence-electron chi connectivity index (χ4n) is 5.44. The molecule has 0 atom stereocenters. The Kier molecular flexibility index (Phi) is 7.07. The molecule has 0 aliphatic rings. The lowest BCUT2D eigenvalue weighted by atomic mass is 9.92. The summed E-state index contributed by atoms with van der Waals surface area (Å²) in [5.74, 6) is 0. The minimum absolute atomic E-state index is 0.00136. The molecule has 0 bridgehead atoms. The molecule has 0 saturated heterocycles. The maximum absolute atomic E-state index is 14.2. The molecule has 0 spiro atoms. The number of aromatic nitrogens is 1. The summed E-state index contributed by atoms with van der Waals surface area (Å²) in [6.45, 7) is 3.31. The van der Waals surface area contributed by atoms with Crippen LogP contribution in [-0.2, 0) is 17.8 Å². The van der Waals surface area contributed by atoms with E-state index in [2.05, 4.69) is 79.7 Å². The molecule has 1 heterocycles. The zero-order valence-electron chi connectivity index (χ0n) is 22.1. The van der Waals surface area contributed by atoms with Gasteiger partial charge in [-0.25, -0.2) is 0 Å². The van der Waals surface area contributed by atoms with Gasteiger partial charge in [0.2, 0.25) is 0 Å². The molecule has 0 unspecified atom stereocenters. The van der Waals surface area contributed by atoms with Crippen molar-refractivity contribution in [3.63, 3.8) is 0 Å². The van der Waals surface area contributed by atoms with E-state index in [4.69, 9.17) is 4.74 Å². The first-order valence-electron chi connectivity index (χ1n) is 13.5. The van der Waals surface area contributed by atoms with Crippen LogP contribution in [0.1, 0.15) is 23.1 Å². The van der Waals surface area contributed by atoms with Crippen LogP contribution in [0.2, 0.25) is 0 Å². The molecule has 0 radical (unpaired) electrons. The van der Waals surface area contributed by atoms with E-state index in [0.717, 1.165) is 56.9 Å². The van der Waals surface area contributed by atoms with Gasteiger partial charge in [0.1, 0.15) is 0 Å². The monoisotopic (exact) mass is 509 g/mol. The number of pyridine rings is 1. The molecule has 3 nitrogen and oxygen atoms in total. The molecule has 6 rings (SSSR count). The Morgan fingerprint density at radius 3 is 2.13 bits per heavy atom. The van der Waals surface area contributed by atoms with Crippen molar-refractivity contribution in [2.24, 2.45) is 0 Å². The Morgan fingerprint density at radius 1 is 0.667 bits per heavy atom. The minimum atomic E-state index is 0.00136. The quantitative estimate of drug-likeness (QED) is 0.193. The van der Waals surface area contributed by atoms with Crippen LogP contribution < -0.4 is 5.56 Å². The summed E-state index contributed by atoms with van der Waals surface area (Å²) < 4.78 is 7.97. The maximum Gasteiger partial charge on any atom is 0.263 e. The van der Waals surface area contributed by atoms with E-state index in [0.29, 0.717) is 13.2 Å². The van der Waals surface area contributed by atoms with Crippen LogP contribution in [0, 0.1) is 6.92 Å². The Morgan fingerprint density at radius 2 is 1.33 bits per heavy atom. The molecule has 3 heteroatoms. The lowest BCUT2D eigenvalue weighted by molar-refractivity contribution is 0.119. The van der Waals surface area contributed by atoms with Crippen molar-refractivity contribution < 1.29 is 4.74 Å². The fourth-order valence-corrected chi connectivity index (χ4v) is 5.44. The fraction of sp³-hybridized carbons (Fsp3) is 0.139. The largest absolute Gasteiger partial charge is 0.377 e. The highest BCUT2D eigenvalue weighted by molar-refractivity contribution is 6.00. The highest BCUT2D eigenvalue weighted by Crippen LogP contribution is 2.35. The molecule has 0 N–H and O–H groups in total. The zero-order valence-corrected chi connectivity index (χ0v) is 22.1. The van der Waals surface area contributed by atoms with E-state index in [1.807, 2.05) is 53.1 Å². The van der Waals surface area contributed by atoms with Gasteiger partial charge in [0.15, 0.2) is 0 Å². The Balaban J connectivity index is 1.51. The predicted octanol–water partition coefficient (Wildman–Crippen LogP) is 8.27. The van der Waals surface area contributed by atoms with Gasteiger partial charge in [-0.1, -0.05) is 109 Å². The second kappa shape index (κ2) is 11.1. The molecule has 6 aromatic rings. The third-order valence-corrected chi connectivity index (χ3v) is 7.36. The molecule has 0 saturated carbocycles. The number of hydrogen-bond acceptors (Lipinski definition) is 2. The first kappa shape index (κ1) is 24.8. The standard InChI is InChI=1S/C36H31NO2/c1-26-20-22-29(23-21-26)37-35(32-18-9-14-28-13-5-6-15-30(28)32)33(31-16-7-8-17-34(31)36(37)38)19-10-24-39-25-27-11-3-2-4-12-27/h2-9,11-18,20-23H,10,19,24-25H2,1H3. The molecule has 0 fully saturated rings. The van der Waals surface area contributed by atoms with Crippen molar-refractivity contribution >= 4 is 21.5 Å². The Labute approximate surface area is 228 Å². The summed E-state index contributed by atoms with van der Waals surface area (Å²) in [6, 6.07) is 41.3. The van der Waals surface area contributed by atoms with Crippen molar-refractivity contribution in [2.75, 3.05) is 6.61 Å². The van der Waals surface area contributed by atoms with Gasteiger partial charge in [-0.2, -0.15) is 0 Å². The zero-order chi connectivity index (χ0) is 26.6. The minimum Gasteiger partial charge on any atom is -0.377 e. The van der Waals surface area contributed by atoms with Crippen molar-refractivity contribution in [1.82, 2.24) is 4.57 Å². The maximum atomic E-state index is 14.2. The van der Waals surface area contributed by atoms with Crippen LogP contribution in [0.3, 0.4) is 0 Å². The summed E-state index contributed by atoms with van der Waals surface area (Å²) >= 11 is 0. The van der Waals surface area contributed by atoms with Crippen molar-refractivity contribution in [2.45, 2.75) is 26.4 Å². The summed E-state index contributed by atoms with van der Waals surface area (Å²) in [6.07, 6.45) is 1.64. The van der Waals surface area contributed by atoms with E-state index in [-0.39, 0.29) is 5.56 Å². The van der Waals surface area contributed by atoms with E-state index >= 15 is 0 Å². The van der Waals surface area contributed by atoms with Crippen LogP contribution in [0.15, 0.2) is 126 Å². The molecule has 39 heavy (non-hydrogen) atoms. The van der Waals surface area contributed by atoms with Crippen LogP contribution >= 0.6 is 0 Å². The van der Waals surface area contributed by atoms with Gasteiger partial charge >= 0.3 is 0 Å². The summed E-state index contributed by atoms with van der Waals surface area (Å²) in [5.41, 5.74) is 6.41. The van der Waals surface area contributed by atoms with Gasteiger partial charge < -0.3 is 4.74 Å². The third kappa shape index (κ3) is 5.01. The van der Waals surface area contributed by atoms with Crippen LogP contribution in [-0.4, -0.2) is 11.2 Å². The number of nitrogens with zero attached hydrogens (tertiary/aromatic N) is 1. The van der Waals surface area contributed by atoms with Gasteiger partial charge in [-0.05, 0) is 65.3 Å². The van der Waals surface area contributed by atoms with Crippen molar-refractivity contribution in [3.8, 4) is 16.9 Å². The summed E-state index contributed by atoms with van der Waals surface area (Å²) in [7, 11) is 0. The average Bonchev–Trinajstić information content (AvgIpc) is 2.99. The molecule has 5 aromatic carbocycles. The summed E-state index contributed by atoms with van der Waals surface area (Å²) in [5, 5.41) is 4.04. The number of fused-ring (bicyclic) bond motifs is 2. The van der Waals surface area contributed by atoms with Crippen molar-refractivity contribution in [3.05, 3.63) is 148 Å². The smallest absolute Gasteiger partial charge is 0.263 e. The molecule has 1 aromatic heterocycles. The molecule has 0 aliphatic carbocycles. The van der Waals surface area contributed by atoms with E-state index in [9.17, 15) is 4.79 Å². The number of ether oxygens (including phenoxy) is 1. The highest BCUT2D eigenvalue weighted by atomic mass is 16.5. The van der Waals surface area contributed by atoms with Crippen LogP contribution in [0.5, 0.6) is 0 Å². The topological polar surface area (TPSA) is 31.2 Å². The second-order valence-corrected chi connectivity index (χ2v) is 10.0. The first-order chi connectivity index (χ1) is 19.2. The average molecular weight is 510 g/mol. The Hall–Kier alpha value is -4.47.